The maximum atomic E-state index is 2.36. The van der Waals surface area contributed by atoms with Crippen molar-refractivity contribution in [2.75, 3.05) is 0 Å². The van der Waals surface area contributed by atoms with E-state index in [4.69, 9.17) is 0 Å². The molecule has 1 rings (SSSR count). The third kappa shape index (κ3) is 6.54. The van der Waals surface area contributed by atoms with Crippen LogP contribution in [0.4, 0.5) is 0 Å². The van der Waals surface area contributed by atoms with E-state index in [0.717, 1.165) is 0 Å². The van der Waals surface area contributed by atoms with Crippen LogP contribution in [-0.2, 0) is 0 Å². The second kappa shape index (κ2) is 8.76. The van der Waals surface area contributed by atoms with Gasteiger partial charge in [-0.1, -0.05) is 0 Å². The fourth-order valence-corrected chi connectivity index (χ4v) is 2.86. The number of allylic oxidation sites excluding steroid dienone is 1. The first-order valence-electron chi connectivity index (χ1n) is 5.80. The average molecular weight is 267 g/mol. The summed E-state index contributed by atoms with van der Waals surface area (Å²) in [6.45, 7) is 2.26. The van der Waals surface area contributed by atoms with Gasteiger partial charge in [0.25, 0.3) is 0 Å². The zero-order valence-corrected chi connectivity index (χ0v) is 11.2. The van der Waals surface area contributed by atoms with Crippen molar-refractivity contribution in [2.24, 2.45) is 0 Å². The van der Waals surface area contributed by atoms with Gasteiger partial charge in [-0.3, -0.25) is 0 Å². The fourth-order valence-electron chi connectivity index (χ4n) is 1.38. The van der Waals surface area contributed by atoms with Gasteiger partial charge in [0.1, 0.15) is 0 Å². The van der Waals surface area contributed by atoms with E-state index in [2.05, 4.69) is 48.3 Å². The topological polar surface area (TPSA) is 0 Å². The Labute approximate surface area is 99.9 Å². The van der Waals surface area contributed by atoms with Crippen LogP contribution in [0.3, 0.4) is 0 Å². The Balaban J connectivity index is 2.07. The molecule has 0 aliphatic heterocycles. The molecule has 1 aromatic rings. The minimum atomic E-state index is 0.534. The van der Waals surface area contributed by atoms with Crippen LogP contribution >= 0.6 is 0 Å². The molecule has 0 nitrogen and oxygen atoms in total. The van der Waals surface area contributed by atoms with Crippen molar-refractivity contribution in [3.8, 4) is 0 Å². The third-order valence-corrected chi connectivity index (χ3v) is 4.10. The molecule has 1 heteroatoms. The summed E-state index contributed by atoms with van der Waals surface area (Å²) in [4.78, 5) is 2.36. The van der Waals surface area contributed by atoms with Gasteiger partial charge < -0.3 is 0 Å². The van der Waals surface area contributed by atoms with Crippen molar-refractivity contribution >= 4 is 19.4 Å². The van der Waals surface area contributed by atoms with Gasteiger partial charge in [-0.2, -0.15) is 0 Å². The Hall–Kier alpha value is -0.521. The third-order valence-electron chi connectivity index (χ3n) is 2.27. The summed E-state index contributed by atoms with van der Waals surface area (Å²) in [6.07, 6.45) is 9.07. The molecule has 0 atom stereocenters. The van der Waals surface area contributed by atoms with Gasteiger partial charge in [-0.15, -0.1) is 0 Å². The van der Waals surface area contributed by atoms with Crippen molar-refractivity contribution in [3.63, 3.8) is 0 Å². The monoisotopic (exact) mass is 268 g/mol. The Morgan fingerprint density at radius 2 is 1.87 bits per heavy atom. The zero-order chi connectivity index (χ0) is 10.8. The van der Waals surface area contributed by atoms with Crippen molar-refractivity contribution in [1.29, 1.82) is 0 Å². The fraction of sp³-hybridized carbons (Fsp3) is 0.429. The zero-order valence-electron chi connectivity index (χ0n) is 9.49. The molecular weight excluding hydrogens is 247 g/mol. The predicted octanol–water partition coefficient (Wildman–Crippen LogP) is 3.50. The maximum absolute atomic E-state index is 2.36. The second-order valence-electron chi connectivity index (χ2n) is 3.65. The first kappa shape index (κ1) is 12.5. The summed E-state index contributed by atoms with van der Waals surface area (Å²) in [5.41, 5.74) is 0. The Morgan fingerprint density at radius 3 is 2.60 bits per heavy atom. The van der Waals surface area contributed by atoms with Crippen LogP contribution in [0.5, 0.6) is 0 Å². The number of rotatable bonds is 7. The molecule has 15 heavy (non-hydrogen) atoms. The van der Waals surface area contributed by atoms with Gasteiger partial charge in [-0.05, 0) is 0 Å². The molecule has 0 aliphatic rings. The molecule has 0 spiro atoms. The van der Waals surface area contributed by atoms with Crippen LogP contribution in [-0.4, -0.2) is 15.0 Å². The number of hydrogen-bond acceptors (Lipinski definition) is 0. The van der Waals surface area contributed by atoms with Crippen molar-refractivity contribution in [2.45, 2.75) is 39.0 Å². The van der Waals surface area contributed by atoms with E-state index in [-0.39, 0.29) is 0 Å². The summed E-state index contributed by atoms with van der Waals surface area (Å²) in [7, 11) is 0. The number of hydrogen-bond donors (Lipinski definition) is 0. The molecule has 0 N–H and O–H groups in total. The van der Waals surface area contributed by atoms with Gasteiger partial charge >= 0.3 is 99.8 Å². The van der Waals surface area contributed by atoms with Crippen LogP contribution in [0.1, 0.15) is 39.0 Å². The van der Waals surface area contributed by atoms with Crippen molar-refractivity contribution in [1.82, 2.24) is 0 Å². The quantitative estimate of drug-likeness (QED) is 0.524. The molecule has 0 fully saturated rings. The number of unbranched alkanes of at least 4 members (excludes halogenated alkanes) is 4. The molecule has 0 heterocycles. The van der Waals surface area contributed by atoms with Crippen molar-refractivity contribution in [3.05, 3.63) is 41.4 Å². The van der Waals surface area contributed by atoms with E-state index >= 15 is 0 Å². The van der Waals surface area contributed by atoms with Gasteiger partial charge in [0.2, 0.25) is 0 Å². The van der Waals surface area contributed by atoms with Gasteiger partial charge in [0.15, 0.2) is 0 Å². The van der Waals surface area contributed by atoms with E-state index in [1.807, 2.05) is 0 Å². The van der Waals surface area contributed by atoms with Crippen LogP contribution < -0.4 is 4.46 Å². The Bertz CT molecular complexity index is 264. The molecule has 82 valence electrons. The van der Waals surface area contributed by atoms with Crippen LogP contribution in [0.25, 0.3) is 0 Å². The molecule has 0 unspecified atom stereocenters. The SMILES string of the molecule is CCCCCCC=C[Se]c1ccccc1. The summed E-state index contributed by atoms with van der Waals surface area (Å²) in [5.74, 6) is 0. The van der Waals surface area contributed by atoms with E-state index in [0.29, 0.717) is 15.0 Å². The first-order chi connectivity index (χ1) is 7.43. The normalized spacial score (nSPS) is 11.0. The van der Waals surface area contributed by atoms with Crippen LogP contribution in [0.15, 0.2) is 41.4 Å². The van der Waals surface area contributed by atoms with Crippen molar-refractivity contribution < 1.29 is 0 Å². The second-order valence-corrected chi connectivity index (χ2v) is 5.71. The summed E-state index contributed by atoms with van der Waals surface area (Å²) in [6, 6.07) is 10.7. The molecule has 0 amide bonds. The standard InChI is InChI=1S/C14H20Se/c1-2-3-4-5-6-10-13-15-14-11-8-7-9-12-14/h7-13H,2-6H2,1H3. The molecule has 0 radical (unpaired) electrons. The summed E-state index contributed by atoms with van der Waals surface area (Å²) in [5, 5.41) is 0. The molecule has 0 bridgehead atoms. The number of benzene rings is 1. The molecule has 0 aliphatic carbocycles. The Kier molecular flexibility index (Phi) is 7.33. The molecule has 0 aromatic heterocycles. The first-order valence-corrected chi connectivity index (χ1v) is 7.64. The molecule has 0 saturated carbocycles. The van der Waals surface area contributed by atoms with Gasteiger partial charge in [0.05, 0.1) is 0 Å². The van der Waals surface area contributed by atoms with E-state index in [9.17, 15) is 0 Å². The van der Waals surface area contributed by atoms with Crippen LogP contribution in [0.2, 0.25) is 0 Å². The van der Waals surface area contributed by atoms with Gasteiger partial charge in [-0.25, -0.2) is 0 Å². The Morgan fingerprint density at radius 1 is 1.07 bits per heavy atom. The van der Waals surface area contributed by atoms with E-state index in [1.54, 1.807) is 0 Å². The molecule has 1 aromatic carbocycles. The summed E-state index contributed by atoms with van der Waals surface area (Å²) >= 11 is 0.534. The predicted molar refractivity (Wildman–Crippen MR) is 69.7 cm³/mol. The van der Waals surface area contributed by atoms with Gasteiger partial charge in [0, 0.05) is 0 Å². The minimum absolute atomic E-state index is 0.534. The van der Waals surface area contributed by atoms with Crippen LogP contribution in [0, 0.1) is 0 Å². The van der Waals surface area contributed by atoms with E-state index < -0.39 is 0 Å². The molecular formula is C14H20Se. The summed E-state index contributed by atoms with van der Waals surface area (Å²) < 4.78 is 1.47. The van der Waals surface area contributed by atoms with E-state index in [1.165, 1.54) is 36.6 Å². The average Bonchev–Trinajstić information content (AvgIpc) is 2.29. The molecule has 0 saturated heterocycles.